The van der Waals surface area contributed by atoms with Gasteiger partial charge in [-0.3, -0.25) is 9.59 Å². The Balaban J connectivity index is 1.58. The summed E-state index contributed by atoms with van der Waals surface area (Å²) in [6.45, 7) is 0.433. The molecule has 4 nitrogen and oxygen atoms in total. The second kappa shape index (κ2) is 9.90. The fourth-order valence-corrected chi connectivity index (χ4v) is 4.61. The van der Waals surface area contributed by atoms with E-state index in [9.17, 15) is 9.59 Å². The molecule has 0 saturated carbocycles. The molecular formula is C25H18BrCl3N2O2. The number of carbonyl (C=O) groups is 2. The number of carbonyl (C=O) groups excluding carboxylic acids is 2. The van der Waals surface area contributed by atoms with Crippen molar-refractivity contribution in [2.75, 3.05) is 5.32 Å². The van der Waals surface area contributed by atoms with E-state index in [1.165, 1.54) is 0 Å². The molecule has 0 aliphatic carbocycles. The predicted molar refractivity (Wildman–Crippen MR) is 137 cm³/mol. The van der Waals surface area contributed by atoms with Gasteiger partial charge in [-0.25, -0.2) is 0 Å². The van der Waals surface area contributed by atoms with Crippen molar-refractivity contribution < 1.29 is 9.59 Å². The smallest absolute Gasteiger partial charge is 0.261 e. The molecule has 0 bridgehead atoms. The number of halogens is 4. The Hall–Kier alpha value is -2.31. The van der Waals surface area contributed by atoms with Crippen LogP contribution in [0.3, 0.4) is 0 Å². The van der Waals surface area contributed by atoms with Crippen LogP contribution in [0.2, 0.25) is 15.1 Å². The number of hydrogen-bond acceptors (Lipinski definition) is 3. The Morgan fingerprint density at radius 2 is 1.73 bits per heavy atom. The van der Waals surface area contributed by atoms with Crippen LogP contribution in [-0.4, -0.2) is 21.0 Å². The van der Waals surface area contributed by atoms with E-state index in [1.807, 2.05) is 29.3 Å². The largest absolute Gasteiger partial charge is 0.350 e. The van der Waals surface area contributed by atoms with Gasteiger partial charge < -0.3 is 10.2 Å². The summed E-state index contributed by atoms with van der Waals surface area (Å²) >= 11 is 22.0. The Kier molecular flexibility index (Phi) is 7.15. The Labute approximate surface area is 215 Å². The minimum Gasteiger partial charge on any atom is -0.350 e. The third-order valence-electron chi connectivity index (χ3n) is 5.32. The highest BCUT2D eigenvalue weighted by Crippen LogP contribution is 2.37. The van der Waals surface area contributed by atoms with Gasteiger partial charge in [-0.05, 0) is 42.1 Å². The lowest BCUT2D eigenvalue weighted by Gasteiger charge is -2.33. The normalized spacial score (nSPS) is 17.3. The first kappa shape index (κ1) is 23.8. The van der Waals surface area contributed by atoms with Gasteiger partial charge in [-0.15, -0.1) is 0 Å². The summed E-state index contributed by atoms with van der Waals surface area (Å²) in [5, 5.41) is 4.24. The van der Waals surface area contributed by atoms with E-state index in [4.69, 9.17) is 34.8 Å². The van der Waals surface area contributed by atoms with Gasteiger partial charge >= 0.3 is 0 Å². The third-order valence-corrected chi connectivity index (χ3v) is 7.44. The lowest BCUT2D eigenvalue weighted by molar-refractivity contribution is -0.121. The molecule has 3 aromatic carbocycles. The van der Waals surface area contributed by atoms with Gasteiger partial charge in [-0.2, -0.15) is 0 Å². The van der Waals surface area contributed by atoms with Gasteiger partial charge in [0.25, 0.3) is 5.91 Å². The van der Waals surface area contributed by atoms with Crippen molar-refractivity contribution in [2.45, 2.75) is 17.4 Å². The molecule has 3 aromatic rings. The molecule has 4 rings (SSSR count). The van der Waals surface area contributed by atoms with E-state index < -0.39 is 4.45 Å². The van der Waals surface area contributed by atoms with Gasteiger partial charge in [0.15, 0.2) is 10.2 Å². The van der Waals surface area contributed by atoms with Crippen LogP contribution in [0.4, 0.5) is 5.69 Å². The fourth-order valence-electron chi connectivity index (χ4n) is 3.58. The zero-order valence-corrected chi connectivity index (χ0v) is 21.0. The fraction of sp³-hybridized carbons (Fsp3) is 0.120. The molecule has 1 N–H and O–H groups in total. The molecule has 1 amide bonds. The number of amides is 1. The second-order valence-electron chi connectivity index (χ2n) is 7.56. The summed E-state index contributed by atoms with van der Waals surface area (Å²) in [7, 11) is 0. The van der Waals surface area contributed by atoms with Crippen molar-refractivity contribution in [3.63, 3.8) is 0 Å². The zero-order chi connectivity index (χ0) is 23.6. The minimum absolute atomic E-state index is 0.228. The quantitative estimate of drug-likeness (QED) is 0.194. The molecule has 1 aliphatic rings. The van der Waals surface area contributed by atoms with Gasteiger partial charge in [0.1, 0.15) is 0 Å². The van der Waals surface area contributed by atoms with Crippen molar-refractivity contribution in [3.8, 4) is 0 Å². The van der Waals surface area contributed by atoms with Crippen LogP contribution < -0.4 is 5.32 Å². The van der Waals surface area contributed by atoms with Gasteiger partial charge in [-0.1, -0.05) is 93.2 Å². The number of hydrogen-bond donors (Lipinski definition) is 1. The van der Waals surface area contributed by atoms with E-state index in [0.29, 0.717) is 44.8 Å². The number of benzene rings is 3. The highest BCUT2D eigenvalue weighted by molar-refractivity contribution is 9.10. The monoisotopic (exact) mass is 562 g/mol. The van der Waals surface area contributed by atoms with Gasteiger partial charge in [0.2, 0.25) is 0 Å². The highest BCUT2D eigenvalue weighted by Gasteiger charge is 2.42. The standard InChI is InChI=1S/C25H18BrCl3N2O2/c26-25(11-4-12-31(25)15-16-7-9-20(28)21(29)13-16)24(33)30-22-10-8-18(27)14-19(22)23(32)17-5-2-1-3-6-17/h1-10,12-14H,11,15H2,(H,30,33)/t25-/m1/s1. The number of nitrogens with zero attached hydrogens (tertiary/aromatic N) is 1. The van der Waals surface area contributed by atoms with E-state index in [-0.39, 0.29) is 11.7 Å². The lowest BCUT2D eigenvalue weighted by Crippen LogP contribution is -2.47. The first-order valence-electron chi connectivity index (χ1n) is 10.0. The van der Waals surface area contributed by atoms with Crippen LogP contribution in [0.5, 0.6) is 0 Å². The maximum atomic E-state index is 13.4. The van der Waals surface area contributed by atoms with Gasteiger partial charge in [0.05, 0.1) is 15.7 Å². The molecule has 1 atom stereocenters. The van der Waals surface area contributed by atoms with E-state index >= 15 is 0 Å². The number of anilines is 1. The van der Waals surface area contributed by atoms with E-state index in [1.54, 1.807) is 54.6 Å². The number of ketones is 1. The first-order chi connectivity index (χ1) is 15.8. The van der Waals surface area contributed by atoms with E-state index in [0.717, 1.165) is 5.56 Å². The topological polar surface area (TPSA) is 49.4 Å². The average molecular weight is 565 g/mol. The summed E-state index contributed by atoms with van der Waals surface area (Å²) in [6.07, 6.45) is 4.20. The summed E-state index contributed by atoms with van der Waals surface area (Å²) < 4.78 is -1.04. The Morgan fingerprint density at radius 1 is 0.970 bits per heavy atom. The molecular weight excluding hydrogens is 547 g/mol. The maximum absolute atomic E-state index is 13.4. The molecule has 0 radical (unpaired) electrons. The van der Waals surface area contributed by atoms with Crippen molar-refractivity contribution in [3.05, 3.63) is 111 Å². The average Bonchev–Trinajstić information content (AvgIpc) is 3.19. The Morgan fingerprint density at radius 3 is 2.45 bits per heavy atom. The van der Waals surface area contributed by atoms with Crippen molar-refractivity contribution in [1.82, 2.24) is 4.90 Å². The van der Waals surface area contributed by atoms with Crippen LogP contribution in [0.1, 0.15) is 27.9 Å². The zero-order valence-electron chi connectivity index (χ0n) is 17.2. The Bertz CT molecular complexity index is 1250. The van der Waals surface area contributed by atoms with Crippen LogP contribution in [0, 0.1) is 0 Å². The van der Waals surface area contributed by atoms with Crippen molar-refractivity contribution in [1.29, 1.82) is 0 Å². The number of nitrogens with one attached hydrogen (secondary N) is 1. The molecule has 0 fully saturated rings. The summed E-state index contributed by atoms with van der Waals surface area (Å²) in [4.78, 5) is 28.4. The molecule has 0 aromatic heterocycles. The number of alkyl halides is 1. The molecule has 33 heavy (non-hydrogen) atoms. The highest BCUT2D eigenvalue weighted by atomic mass is 79.9. The molecule has 0 saturated heterocycles. The van der Waals surface area contributed by atoms with Crippen molar-refractivity contribution in [2.24, 2.45) is 0 Å². The van der Waals surface area contributed by atoms with Crippen LogP contribution in [-0.2, 0) is 11.3 Å². The lowest BCUT2D eigenvalue weighted by atomic mass is 10.0. The van der Waals surface area contributed by atoms with Crippen molar-refractivity contribution >= 4 is 68.1 Å². The van der Waals surface area contributed by atoms with Crippen LogP contribution in [0.25, 0.3) is 0 Å². The van der Waals surface area contributed by atoms with Crippen LogP contribution in [0.15, 0.2) is 79.0 Å². The maximum Gasteiger partial charge on any atom is 0.261 e. The summed E-state index contributed by atoms with van der Waals surface area (Å²) in [5.41, 5.74) is 2.12. The summed E-state index contributed by atoms with van der Waals surface area (Å²) in [6, 6.07) is 19.1. The first-order valence-corrected chi connectivity index (χ1v) is 12.0. The predicted octanol–water partition coefficient (Wildman–Crippen LogP) is 7.33. The molecule has 1 heterocycles. The molecule has 168 valence electrons. The third kappa shape index (κ3) is 5.12. The molecule has 1 aliphatic heterocycles. The molecule has 8 heteroatoms. The molecule has 0 spiro atoms. The van der Waals surface area contributed by atoms with Gasteiger partial charge in [0, 0.05) is 29.1 Å². The second-order valence-corrected chi connectivity index (χ2v) is 10.1. The minimum atomic E-state index is -1.04. The van der Waals surface area contributed by atoms with E-state index in [2.05, 4.69) is 21.2 Å². The number of rotatable bonds is 6. The SMILES string of the molecule is O=C(c1ccccc1)c1cc(Cl)ccc1NC(=O)[C@@]1(Br)CC=CN1Cc1ccc(Cl)c(Cl)c1. The summed E-state index contributed by atoms with van der Waals surface area (Å²) in [5.74, 6) is -0.536. The molecule has 0 unspecified atom stereocenters. The van der Waals surface area contributed by atoms with Crippen LogP contribution >= 0.6 is 50.7 Å².